The fourth-order valence-corrected chi connectivity index (χ4v) is 4.39. The third-order valence-corrected chi connectivity index (χ3v) is 6.53. The first-order valence-electron chi connectivity index (χ1n) is 12.3. The summed E-state index contributed by atoms with van der Waals surface area (Å²) < 4.78 is 38.6. The van der Waals surface area contributed by atoms with Crippen LogP contribution in [0.1, 0.15) is 45.8 Å². The summed E-state index contributed by atoms with van der Waals surface area (Å²) >= 11 is 0. The number of likely N-dealkylation sites (tertiary alicyclic amines) is 1. The maximum atomic E-state index is 12.9. The van der Waals surface area contributed by atoms with Crippen LogP contribution in [0.25, 0.3) is 6.08 Å². The molecule has 0 bridgehead atoms. The zero-order valence-electron chi connectivity index (χ0n) is 21.2. The van der Waals surface area contributed by atoms with Crippen molar-refractivity contribution >= 4 is 29.4 Å². The number of amides is 2. The zero-order valence-corrected chi connectivity index (χ0v) is 21.2. The lowest BCUT2D eigenvalue weighted by atomic mass is 9.89. The number of carbonyl (C=O) groups excluding carboxylic acids is 2. The molecule has 0 saturated carbocycles. The van der Waals surface area contributed by atoms with Gasteiger partial charge in [-0.05, 0) is 72.4 Å². The molecule has 0 aliphatic carbocycles. The molecule has 0 spiro atoms. The minimum absolute atomic E-state index is 0.0162. The number of aromatic nitrogens is 1. The van der Waals surface area contributed by atoms with E-state index in [9.17, 15) is 22.8 Å². The van der Waals surface area contributed by atoms with E-state index in [2.05, 4.69) is 10.3 Å². The molecule has 2 amide bonds. The number of piperidine rings is 1. The zero-order chi connectivity index (χ0) is 27.3. The van der Waals surface area contributed by atoms with Gasteiger partial charge in [0.1, 0.15) is 5.82 Å². The molecule has 4 rings (SSSR count). The molecule has 9 heteroatoms. The number of nitrogens with one attached hydrogen (secondary N) is 1. The van der Waals surface area contributed by atoms with Crippen LogP contribution < -0.4 is 10.2 Å². The van der Waals surface area contributed by atoms with Gasteiger partial charge in [-0.15, -0.1) is 0 Å². The van der Waals surface area contributed by atoms with Crippen LogP contribution in [0.2, 0.25) is 0 Å². The SMILES string of the molecule is CN(C)c1ccc(C(=O)N2CCC(c3ccc(NC(=O)/C=C/c4cccc(C(F)(F)F)c4)cc3)CC2)cn1. The molecule has 1 aliphatic rings. The van der Waals surface area contributed by atoms with Crippen LogP contribution in [0.3, 0.4) is 0 Å². The topological polar surface area (TPSA) is 65.5 Å². The van der Waals surface area contributed by atoms with E-state index in [1.807, 2.05) is 42.1 Å². The minimum Gasteiger partial charge on any atom is -0.363 e. The number of hydrogen-bond acceptors (Lipinski definition) is 4. The monoisotopic (exact) mass is 522 g/mol. The summed E-state index contributed by atoms with van der Waals surface area (Å²) in [6.07, 6.45) is 1.41. The molecule has 0 unspecified atom stereocenters. The maximum Gasteiger partial charge on any atom is 0.416 e. The molecular formula is C29H29F3N4O2. The van der Waals surface area contributed by atoms with E-state index < -0.39 is 17.6 Å². The highest BCUT2D eigenvalue weighted by Crippen LogP contribution is 2.31. The molecule has 3 aromatic rings. The number of rotatable bonds is 6. The Morgan fingerprint density at radius 3 is 2.34 bits per heavy atom. The Morgan fingerprint density at radius 2 is 1.74 bits per heavy atom. The first-order chi connectivity index (χ1) is 18.1. The lowest BCUT2D eigenvalue weighted by molar-refractivity contribution is -0.137. The quantitative estimate of drug-likeness (QED) is 0.413. The molecule has 2 aromatic carbocycles. The second-order valence-electron chi connectivity index (χ2n) is 9.43. The van der Waals surface area contributed by atoms with Crippen molar-refractivity contribution in [2.75, 3.05) is 37.4 Å². The van der Waals surface area contributed by atoms with Crippen molar-refractivity contribution in [3.05, 3.63) is 95.2 Å². The van der Waals surface area contributed by atoms with Crippen LogP contribution in [-0.4, -0.2) is 48.9 Å². The first-order valence-corrected chi connectivity index (χ1v) is 12.3. The number of nitrogens with zero attached hydrogens (tertiary/aromatic N) is 3. The molecule has 2 heterocycles. The minimum atomic E-state index is -4.43. The highest BCUT2D eigenvalue weighted by Gasteiger charge is 2.30. The fraction of sp³-hybridized carbons (Fsp3) is 0.276. The summed E-state index contributed by atoms with van der Waals surface area (Å²) in [7, 11) is 3.80. The van der Waals surface area contributed by atoms with Crippen molar-refractivity contribution in [1.82, 2.24) is 9.88 Å². The fourth-order valence-electron chi connectivity index (χ4n) is 4.39. The number of anilines is 2. The van der Waals surface area contributed by atoms with Crippen LogP contribution in [0.4, 0.5) is 24.7 Å². The van der Waals surface area contributed by atoms with Crippen LogP contribution in [0.5, 0.6) is 0 Å². The van der Waals surface area contributed by atoms with Gasteiger partial charge in [-0.25, -0.2) is 4.98 Å². The average molecular weight is 523 g/mol. The predicted octanol–water partition coefficient (Wildman–Crippen LogP) is 5.84. The van der Waals surface area contributed by atoms with Crippen LogP contribution in [-0.2, 0) is 11.0 Å². The number of carbonyl (C=O) groups is 2. The lowest BCUT2D eigenvalue weighted by Gasteiger charge is -2.32. The van der Waals surface area contributed by atoms with Crippen LogP contribution in [0.15, 0.2) is 72.9 Å². The van der Waals surface area contributed by atoms with Gasteiger partial charge in [0.05, 0.1) is 11.1 Å². The number of halogens is 3. The van der Waals surface area contributed by atoms with Crippen molar-refractivity contribution in [3.8, 4) is 0 Å². The van der Waals surface area contributed by atoms with E-state index in [4.69, 9.17) is 0 Å². The molecule has 6 nitrogen and oxygen atoms in total. The standard InChI is InChI=1S/C29H29F3N4O2/c1-35(2)26-12-9-23(19-33-26)28(38)36-16-14-22(15-17-36)21-7-10-25(11-8-21)34-27(37)13-6-20-4-3-5-24(18-20)29(30,31)32/h3-13,18-19,22H,14-17H2,1-2H3,(H,34,37)/b13-6+. The molecule has 1 N–H and O–H groups in total. The Hall–Kier alpha value is -4.14. The smallest absolute Gasteiger partial charge is 0.363 e. The Kier molecular flexibility index (Phi) is 8.14. The van der Waals surface area contributed by atoms with Gasteiger partial charge in [0, 0.05) is 45.1 Å². The molecule has 38 heavy (non-hydrogen) atoms. The molecule has 198 valence electrons. The summed E-state index contributed by atoms with van der Waals surface area (Å²) in [6, 6.07) is 16.0. The molecule has 1 saturated heterocycles. The Morgan fingerprint density at radius 1 is 1.03 bits per heavy atom. The number of hydrogen-bond donors (Lipinski definition) is 1. The van der Waals surface area contributed by atoms with E-state index in [1.165, 1.54) is 24.3 Å². The summed E-state index contributed by atoms with van der Waals surface area (Å²) in [5.41, 5.74) is 1.83. The number of pyridine rings is 1. The van der Waals surface area contributed by atoms with Gasteiger partial charge in [0.15, 0.2) is 0 Å². The van der Waals surface area contributed by atoms with E-state index >= 15 is 0 Å². The number of benzene rings is 2. The molecule has 1 aromatic heterocycles. The van der Waals surface area contributed by atoms with E-state index in [0.717, 1.165) is 36.4 Å². The maximum absolute atomic E-state index is 12.9. The third kappa shape index (κ3) is 6.79. The molecule has 0 radical (unpaired) electrons. The summed E-state index contributed by atoms with van der Waals surface area (Å²) in [5, 5.41) is 2.73. The molecule has 1 fully saturated rings. The summed E-state index contributed by atoms with van der Waals surface area (Å²) in [5.74, 6) is 0.651. The van der Waals surface area contributed by atoms with Gasteiger partial charge in [-0.3, -0.25) is 9.59 Å². The lowest BCUT2D eigenvalue weighted by Crippen LogP contribution is -2.38. The van der Waals surface area contributed by atoms with Gasteiger partial charge in [0.2, 0.25) is 5.91 Å². The second kappa shape index (κ2) is 11.5. The van der Waals surface area contributed by atoms with Crippen molar-refractivity contribution in [2.45, 2.75) is 24.9 Å². The Balaban J connectivity index is 1.29. The Bertz CT molecular complexity index is 1290. The third-order valence-electron chi connectivity index (χ3n) is 6.53. The van der Waals surface area contributed by atoms with Gasteiger partial charge >= 0.3 is 6.18 Å². The average Bonchev–Trinajstić information content (AvgIpc) is 2.92. The van der Waals surface area contributed by atoms with Crippen LogP contribution >= 0.6 is 0 Å². The molecule has 0 atom stereocenters. The van der Waals surface area contributed by atoms with Crippen molar-refractivity contribution in [3.63, 3.8) is 0 Å². The van der Waals surface area contributed by atoms with Crippen molar-refractivity contribution < 1.29 is 22.8 Å². The van der Waals surface area contributed by atoms with Gasteiger partial charge < -0.3 is 15.1 Å². The normalized spacial score (nSPS) is 14.5. The highest BCUT2D eigenvalue weighted by molar-refractivity contribution is 6.02. The molecule has 1 aliphatic heterocycles. The first kappa shape index (κ1) is 26.9. The van der Waals surface area contributed by atoms with E-state index in [1.54, 1.807) is 24.4 Å². The predicted molar refractivity (Wildman–Crippen MR) is 142 cm³/mol. The molecular weight excluding hydrogens is 493 g/mol. The van der Waals surface area contributed by atoms with Crippen molar-refractivity contribution in [1.29, 1.82) is 0 Å². The van der Waals surface area contributed by atoms with Crippen molar-refractivity contribution in [2.24, 2.45) is 0 Å². The Labute approximate surface area is 219 Å². The van der Waals surface area contributed by atoms with E-state index in [-0.39, 0.29) is 11.5 Å². The number of alkyl halides is 3. The summed E-state index contributed by atoms with van der Waals surface area (Å²) in [4.78, 5) is 33.2. The van der Waals surface area contributed by atoms with E-state index in [0.29, 0.717) is 30.3 Å². The van der Waals surface area contributed by atoms with Gasteiger partial charge in [0.25, 0.3) is 5.91 Å². The second-order valence-corrected chi connectivity index (χ2v) is 9.43. The van der Waals surface area contributed by atoms with Gasteiger partial charge in [-0.2, -0.15) is 13.2 Å². The summed E-state index contributed by atoms with van der Waals surface area (Å²) in [6.45, 7) is 1.30. The van der Waals surface area contributed by atoms with Crippen LogP contribution in [0, 0.1) is 0 Å². The highest BCUT2D eigenvalue weighted by atomic mass is 19.4. The largest absolute Gasteiger partial charge is 0.416 e. The van der Waals surface area contributed by atoms with Gasteiger partial charge in [-0.1, -0.05) is 24.3 Å².